The summed E-state index contributed by atoms with van der Waals surface area (Å²) in [6.45, 7) is 10.2. The van der Waals surface area contributed by atoms with Gasteiger partial charge in [-0.2, -0.15) is 0 Å². The third-order valence-corrected chi connectivity index (χ3v) is 6.84. The minimum absolute atomic E-state index is 0.0961. The zero-order valence-electron chi connectivity index (χ0n) is 23.4. The van der Waals surface area contributed by atoms with Crippen LogP contribution < -0.4 is 21.9 Å². The fourth-order valence-corrected chi connectivity index (χ4v) is 4.89. The summed E-state index contributed by atoms with van der Waals surface area (Å²) in [5.41, 5.74) is 5.82. The Kier molecular flexibility index (Phi) is 9.19. The number of hydrogen-bond acceptors (Lipinski definition) is 7. The van der Waals surface area contributed by atoms with E-state index in [9.17, 15) is 14.7 Å². The molecule has 0 unspecified atom stereocenters. The lowest BCUT2D eigenvalue weighted by Crippen LogP contribution is -2.25. The van der Waals surface area contributed by atoms with Gasteiger partial charge in [-0.25, -0.2) is 10.7 Å². The highest BCUT2D eigenvalue weighted by molar-refractivity contribution is 6.09. The number of fused-ring (bicyclic) bond motifs is 2. The van der Waals surface area contributed by atoms with Crippen molar-refractivity contribution in [1.82, 2.24) is 5.32 Å². The highest BCUT2D eigenvalue weighted by Crippen LogP contribution is 2.43. The van der Waals surface area contributed by atoms with Gasteiger partial charge in [0.05, 0.1) is 17.5 Å². The Labute approximate surface area is 233 Å². The fourth-order valence-electron chi connectivity index (χ4n) is 4.89. The molecule has 2 aromatic rings. The normalized spacial score (nSPS) is 11.8. The van der Waals surface area contributed by atoms with Crippen LogP contribution in [0.2, 0.25) is 0 Å². The number of unbranched alkanes of at least 4 members (excludes halogenated alkanes) is 1. The largest absolute Gasteiger partial charge is 0.478 e. The predicted molar refractivity (Wildman–Crippen MR) is 157 cm³/mol. The second kappa shape index (κ2) is 12.8. The van der Waals surface area contributed by atoms with Crippen molar-refractivity contribution in [2.75, 3.05) is 31.6 Å². The second-order valence-corrected chi connectivity index (χ2v) is 9.68. The maximum absolute atomic E-state index is 13.1. The van der Waals surface area contributed by atoms with Crippen LogP contribution >= 0.6 is 0 Å². The molecule has 0 radical (unpaired) electrons. The van der Waals surface area contributed by atoms with E-state index in [1.54, 1.807) is 12.1 Å². The molecule has 1 heterocycles. The van der Waals surface area contributed by atoms with Gasteiger partial charge >= 0.3 is 5.97 Å². The zero-order chi connectivity index (χ0) is 28.8. The smallest absolute Gasteiger partial charge is 0.336 e. The van der Waals surface area contributed by atoms with E-state index >= 15 is 0 Å². The van der Waals surface area contributed by atoms with Crippen molar-refractivity contribution in [2.24, 2.45) is 10.9 Å². The standard InChI is InChI=1S/C31H36N4O5/c1-5-33-25-16-27-23(13-18(25)3)29(24-14-19(4)26(34-6-2)17-28(24)40-27)22-15-20(9-10-21(22)31(37)38)30(36)35-11-7-8-12-39-32/h9-10,13-17,33H,5-8,11-12,32H2,1-4H3,(H,35,36)(H,37,38). The monoisotopic (exact) mass is 544 g/mol. The van der Waals surface area contributed by atoms with Gasteiger partial charge in [-0.05, 0) is 87.6 Å². The first-order valence-corrected chi connectivity index (χ1v) is 13.5. The maximum atomic E-state index is 13.1. The van der Waals surface area contributed by atoms with Gasteiger partial charge in [0.2, 0.25) is 0 Å². The molecule has 2 aliphatic rings. The molecule has 0 saturated heterocycles. The third kappa shape index (κ3) is 6.00. The SMILES string of the molecule is CCN=c1cc2oc3cc(NCC)c(C)cc3c(-c3cc(C(=O)NCCCCON)ccc3C(=O)O)c-2cc1C. The number of benzene rings is 3. The topological polar surface area (TPSA) is 139 Å². The highest BCUT2D eigenvalue weighted by atomic mass is 16.6. The van der Waals surface area contributed by atoms with Crippen LogP contribution in [0.25, 0.3) is 33.4 Å². The number of nitrogens with zero attached hydrogens (tertiary/aromatic N) is 1. The van der Waals surface area contributed by atoms with Crippen molar-refractivity contribution < 1.29 is 24.0 Å². The van der Waals surface area contributed by atoms with Gasteiger partial charge in [0.1, 0.15) is 11.3 Å². The Morgan fingerprint density at radius 2 is 1.82 bits per heavy atom. The summed E-state index contributed by atoms with van der Waals surface area (Å²) in [5.74, 6) is 4.28. The maximum Gasteiger partial charge on any atom is 0.336 e. The summed E-state index contributed by atoms with van der Waals surface area (Å²) < 4.78 is 6.41. The molecule has 40 heavy (non-hydrogen) atoms. The predicted octanol–water partition coefficient (Wildman–Crippen LogP) is 5.27. The van der Waals surface area contributed by atoms with Crippen molar-refractivity contribution in [2.45, 2.75) is 40.5 Å². The molecule has 9 heteroatoms. The van der Waals surface area contributed by atoms with E-state index in [-0.39, 0.29) is 11.5 Å². The van der Waals surface area contributed by atoms with Gasteiger partial charge in [-0.1, -0.05) is 0 Å². The molecule has 4 rings (SSSR count). The van der Waals surface area contributed by atoms with E-state index < -0.39 is 5.97 Å². The van der Waals surface area contributed by atoms with E-state index in [4.69, 9.17) is 10.3 Å². The highest BCUT2D eigenvalue weighted by Gasteiger charge is 2.24. The molecule has 0 spiro atoms. The number of carbonyl (C=O) groups excluding carboxylic acids is 1. The summed E-state index contributed by atoms with van der Waals surface area (Å²) in [6.07, 6.45) is 1.42. The molecule has 2 aromatic carbocycles. The lowest BCUT2D eigenvalue weighted by molar-refractivity contribution is 0.0697. The Morgan fingerprint density at radius 1 is 1.02 bits per heavy atom. The molecule has 1 aliphatic heterocycles. The van der Waals surface area contributed by atoms with Gasteiger partial charge in [0.15, 0.2) is 0 Å². The number of anilines is 1. The zero-order valence-corrected chi connectivity index (χ0v) is 23.4. The van der Waals surface area contributed by atoms with Crippen molar-refractivity contribution in [3.05, 3.63) is 70.1 Å². The van der Waals surface area contributed by atoms with Crippen LogP contribution in [0.15, 0.2) is 51.9 Å². The molecule has 5 N–H and O–H groups in total. The van der Waals surface area contributed by atoms with E-state index in [0.717, 1.165) is 39.7 Å². The molecule has 9 nitrogen and oxygen atoms in total. The van der Waals surface area contributed by atoms with Crippen molar-refractivity contribution in [1.29, 1.82) is 0 Å². The number of nitrogens with two attached hydrogens (primary N) is 1. The van der Waals surface area contributed by atoms with Crippen molar-refractivity contribution in [3.8, 4) is 22.5 Å². The van der Waals surface area contributed by atoms with Crippen LogP contribution in [-0.4, -0.2) is 43.2 Å². The average Bonchev–Trinajstić information content (AvgIpc) is 2.93. The quantitative estimate of drug-likeness (QED) is 0.115. The van der Waals surface area contributed by atoms with Crippen LogP contribution in [0, 0.1) is 13.8 Å². The Morgan fingerprint density at radius 3 is 2.52 bits per heavy atom. The summed E-state index contributed by atoms with van der Waals surface area (Å²) >= 11 is 0. The van der Waals surface area contributed by atoms with E-state index in [0.29, 0.717) is 60.6 Å². The van der Waals surface area contributed by atoms with Crippen LogP contribution in [0.4, 0.5) is 5.69 Å². The lowest BCUT2D eigenvalue weighted by Gasteiger charge is -2.20. The third-order valence-electron chi connectivity index (χ3n) is 6.84. The molecule has 0 atom stereocenters. The summed E-state index contributed by atoms with van der Waals surface area (Å²) in [7, 11) is 0. The summed E-state index contributed by atoms with van der Waals surface area (Å²) in [4.78, 5) is 34.7. The number of aryl methyl sites for hydroxylation is 2. The fraction of sp³-hybridized carbons (Fsp3) is 0.323. The van der Waals surface area contributed by atoms with Gasteiger partial charge in [0, 0.05) is 59.5 Å². The van der Waals surface area contributed by atoms with E-state index in [1.807, 2.05) is 52.0 Å². The Balaban J connectivity index is 1.99. The number of aromatic carboxylic acids is 1. The van der Waals surface area contributed by atoms with Crippen molar-refractivity contribution in [3.63, 3.8) is 0 Å². The van der Waals surface area contributed by atoms with Gasteiger partial charge in [-0.3, -0.25) is 9.79 Å². The molecule has 0 aromatic heterocycles. The van der Waals surface area contributed by atoms with Gasteiger partial charge in [0.25, 0.3) is 5.91 Å². The van der Waals surface area contributed by atoms with Crippen LogP contribution in [-0.2, 0) is 4.84 Å². The summed E-state index contributed by atoms with van der Waals surface area (Å²) in [5, 5.41) is 18.0. The molecular weight excluding hydrogens is 508 g/mol. The number of carboxylic acid groups (broad SMARTS) is 1. The molecule has 0 bridgehead atoms. The molecule has 1 amide bonds. The molecule has 210 valence electrons. The second-order valence-electron chi connectivity index (χ2n) is 9.68. The van der Waals surface area contributed by atoms with Crippen LogP contribution in [0.5, 0.6) is 0 Å². The number of carbonyl (C=O) groups is 2. The van der Waals surface area contributed by atoms with E-state index in [2.05, 4.69) is 20.5 Å². The number of rotatable bonds is 11. The number of nitrogens with one attached hydrogen (secondary N) is 2. The Bertz CT molecular complexity index is 1590. The van der Waals surface area contributed by atoms with Crippen LogP contribution in [0.3, 0.4) is 0 Å². The Hall–Kier alpha value is -4.21. The number of amides is 1. The first-order chi connectivity index (χ1) is 19.3. The van der Waals surface area contributed by atoms with Gasteiger partial charge < -0.3 is 25.0 Å². The average molecular weight is 545 g/mol. The summed E-state index contributed by atoms with van der Waals surface area (Å²) in [6, 6.07) is 12.5. The van der Waals surface area contributed by atoms with E-state index in [1.165, 1.54) is 6.07 Å². The van der Waals surface area contributed by atoms with Crippen LogP contribution in [0.1, 0.15) is 58.5 Å². The minimum atomic E-state index is -1.08. The van der Waals surface area contributed by atoms with Crippen molar-refractivity contribution >= 4 is 28.5 Å². The molecule has 1 aliphatic carbocycles. The number of carboxylic acids is 1. The number of hydrogen-bond donors (Lipinski definition) is 4. The minimum Gasteiger partial charge on any atom is -0.478 e. The lowest BCUT2D eigenvalue weighted by atomic mass is 9.88. The molecule has 0 saturated carbocycles. The molecule has 0 fully saturated rings. The molecular formula is C31H36N4O5. The first-order valence-electron chi connectivity index (χ1n) is 13.5. The first kappa shape index (κ1) is 28.8. The van der Waals surface area contributed by atoms with Gasteiger partial charge in [-0.15, -0.1) is 0 Å².